The number of hydrogen-bond donors (Lipinski definition) is 0. The summed E-state index contributed by atoms with van der Waals surface area (Å²) in [6.45, 7) is 8.71. The molecule has 0 heterocycles. The second-order valence-corrected chi connectivity index (χ2v) is 7.03. The Bertz CT molecular complexity index is 770. The Morgan fingerprint density at radius 3 is 1.26 bits per heavy atom. The van der Waals surface area contributed by atoms with Gasteiger partial charge in [0, 0.05) is 11.0 Å². The number of hydrogen-bond acceptors (Lipinski definition) is 0. The van der Waals surface area contributed by atoms with E-state index in [4.69, 9.17) is 0 Å². The Kier molecular flexibility index (Phi) is 25.7. The molecular weight excluding hydrogens is 515 g/mol. The van der Waals surface area contributed by atoms with Gasteiger partial charge in [-0.1, -0.05) is 65.5 Å². The second-order valence-electron chi connectivity index (χ2n) is 7.03. The first-order valence-corrected chi connectivity index (χ1v) is 9.88. The average Bonchev–Trinajstić information content (AvgIpc) is 3.21. The summed E-state index contributed by atoms with van der Waals surface area (Å²) >= 11 is 0. The normalized spacial score (nSPS) is 8.52. The minimum absolute atomic E-state index is 0. The molecule has 0 aliphatic rings. The van der Waals surface area contributed by atoms with E-state index in [0.29, 0.717) is 0 Å². The maximum atomic E-state index is 2.23. The molecule has 4 aromatic carbocycles. The van der Waals surface area contributed by atoms with Crippen LogP contribution in [0, 0.1) is 21.3 Å². The molecule has 31 heavy (non-hydrogen) atoms. The van der Waals surface area contributed by atoms with Gasteiger partial charge in [-0.3, -0.25) is 0 Å². The molecule has 0 saturated heterocycles. The third kappa shape index (κ3) is 13.5. The SMILES string of the molecule is CCCCCC.Cc1cc2ccccc2[cH-]1.Cc1cc2ccccc2[cH-]1.Cl.Cl.[CH3-].[Si].[Zr+3]. The van der Waals surface area contributed by atoms with Crippen LogP contribution in [0.1, 0.15) is 50.7 Å². The summed E-state index contributed by atoms with van der Waals surface area (Å²) in [4.78, 5) is 0. The second kappa shape index (κ2) is 21.2. The van der Waals surface area contributed by atoms with E-state index in [0.717, 1.165) is 0 Å². The van der Waals surface area contributed by atoms with E-state index in [1.807, 2.05) is 0 Å². The van der Waals surface area contributed by atoms with Gasteiger partial charge in [0.1, 0.15) is 0 Å². The third-order valence-corrected chi connectivity index (χ3v) is 4.48. The summed E-state index contributed by atoms with van der Waals surface area (Å²) in [7, 11) is 0. The van der Waals surface area contributed by atoms with Gasteiger partial charge in [0.15, 0.2) is 0 Å². The van der Waals surface area contributed by atoms with E-state index in [1.54, 1.807) is 0 Å². The minimum atomic E-state index is 0. The Morgan fingerprint density at radius 2 is 0.968 bits per heavy atom. The maximum Gasteiger partial charge on any atom is 3.00 e. The molecule has 4 rings (SSSR count). The predicted molar refractivity (Wildman–Crippen MR) is 145 cm³/mol. The third-order valence-electron chi connectivity index (χ3n) is 4.48. The Morgan fingerprint density at radius 1 is 0.645 bits per heavy atom. The molecule has 0 bridgehead atoms. The van der Waals surface area contributed by atoms with Crippen molar-refractivity contribution in [1.29, 1.82) is 0 Å². The van der Waals surface area contributed by atoms with Gasteiger partial charge in [-0.05, 0) is 0 Å². The van der Waals surface area contributed by atoms with Crippen molar-refractivity contribution in [2.24, 2.45) is 0 Å². The van der Waals surface area contributed by atoms with Crippen LogP contribution >= 0.6 is 24.8 Å². The summed E-state index contributed by atoms with van der Waals surface area (Å²) in [6, 6.07) is 25.7. The largest absolute Gasteiger partial charge is 3.00 e. The average molecular weight is 552 g/mol. The number of aryl methyl sites for hydroxylation is 2. The van der Waals surface area contributed by atoms with Gasteiger partial charge in [-0.25, -0.2) is 0 Å². The van der Waals surface area contributed by atoms with Crippen molar-refractivity contribution in [1.82, 2.24) is 0 Å². The first kappa shape index (κ1) is 37.6. The number of rotatable bonds is 3. The van der Waals surface area contributed by atoms with Crippen LogP contribution in [0.15, 0.2) is 72.8 Å². The fraction of sp³-hybridized carbons (Fsp3) is 0.296. The van der Waals surface area contributed by atoms with Gasteiger partial charge < -0.3 is 7.43 Å². The maximum absolute atomic E-state index is 2.23. The Balaban J connectivity index is -0.000000168. The van der Waals surface area contributed by atoms with E-state index >= 15 is 0 Å². The first-order valence-electron chi connectivity index (χ1n) is 9.88. The molecule has 0 aliphatic carbocycles. The van der Waals surface area contributed by atoms with Crippen LogP contribution in [0.4, 0.5) is 0 Å². The Hall–Kier alpha value is -0.660. The summed E-state index contributed by atoms with van der Waals surface area (Å²) in [5, 5.41) is 5.39. The monoisotopic (exact) mass is 549 g/mol. The number of fused-ring (bicyclic) bond motifs is 2. The van der Waals surface area contributed by atoms with Crippen LogP contribution in [-0.4, -0.2) is 11.0 Å². The predicted octanol–water partition coefficient (Wildman–Crippen LogP) is 9.23. The van der Waals surface area contributed by atoms with E-state index in [-0.39, 0.29) is 69.4 Å². The van der Waals surface area contributed by atoms with Crippen LogP contribution in [-0.2, 0) is 26.2 Å². The molecule has 0 aromatic heterocycles. The zero-order valence-electron chi connectivity index (χ0n) is 19.6. The van der Waals surface area contributed by atoms with Crippen molar-refractivity contribution in [2.45, 2.75) is 53.4 Å². The molecule has 0 N–H and O–H groups in total. The fourth-order valence-corrected chi connectivity index (χ4v) is 3.11. The molecule has 167 valence electrons. The van der Waals surface area contributed by atoms with Gasteiger partial charge >= 0.3 is 26.2 Å². The molecule has 4 heteroatoms. The fourth-order valence-electron chi connectivity index (χ4n) is 3.11. The molecule has 0 nitrogen and oxygen atoms in total. The van der Waals surface area contributed by atoms with Gasteiger partial charge in [-0.15, -0.1) is 106 Å². The van der Waals surface area contributed by atoms with Crippen molar-refractivity contribution in [3.05, 3.63) is 91.3 Å². The molecule has 0 saturated carbocycles. The van der Waals surface area contributed by atoms with Crippen LogP contribution in [0.25, 0.3) is 21.5 Å². The molecule has 4 aromatic rings. The first-order chi connectivity index (χ1) is 12.6. The van der Waals surface area contributed by atoms with Crippen LogP contribution in [0.3, 0.4) is 0 Å². The van der Waals surface area contributed by atoms with Crippen LogP contribution in [0.5, 0.6) is 0 Å². The van der Waals surface area contributed by atoms with Gasteiger partial charge in [0.25, 0.3) is 0 Å². The quantitative estimate of drug-likeness (QED) is 0.135. The van der Waals surface area contributed by atoms with E-state index in [1.165, 1.54) is 58.4 Å². The summed E-state index contributed by atoms with van der Waals surface area (Å²) < 4.78 is 0. The summed E-state index contributed by atoms with van der Waals surface area (Å²) in [5.41, 5.74) is 2.70. The van der Waals surface area contributed by atoms with Crippen LogP contribution in [0.2, 0.25) is 0 Å². The summed E-state index contributed by atoms with van der Waals surface area (Å²) in [6.07, 6.45) is 5.54. The smallest absolute Gasteiger partial charge is 0.358 e. The van der Waals surface area contributed by atoms with Crippen molar-refractivity contribution in [2.75, 3.05) is 0 Å². The molecule has 5 radical (unpaired) electrons. The van der Waals surface area contributed by atoms with Gasteiger partial charge in [0.05, 0.1) is 0 Å². The number of benzene rings is 2. The van der Waals surface area contributed by atoms with Gasteiger partial charge in [0.2, 0.25) is 0 Å². The van der Waals surface area contributed by atoms with Crippen molar-refractivity contribution >= 4 is 57.3 Å². The molecular formula is C27H37Cl2SiZr. The van der Waals surface area contributed by atoms with E-state index in [2.05, 4.69) is 100 Å². The Labute approximate surface area is 226 Å². The van der Waals surface area contributed by atoms with Crippen molar-refractivity contribution < 1.29 is 26.2 Å². The van der Waals surface area contributed by atoms with E-state index in [9.17, 15) is 0 Å². The topological polar surface area (TPSA) is 0 Å². The molecule has 0 aliphatic heterocycles. The zero-order chi connectivity index (χ0) is 18.8. The standard InChI is InChI=1S/2C10H9.C6H14.CH3.2ClH.Si.Zr/c2*1-8-6-9-4-2-3-5-10(9)7-8;1-3-5-6-4-2;;;;;/h2*2-7H,1H3;3-6H2,1-2H3;1H3;2*1H;;/q2*-1;;-1;;;;+3. The number of halogens is 2. The molecule has 0 amide bonds. The molecule has 0 fully saturated rings. The molecule has 0 spiro atoms. The van der Waals surface area contributed by atoms with Crippen LogP contribution < -0.4 is 0 Å². The van der Waals surface area contributed by atoms with Crippen molar-refractivity contribution in [3.63, 3.8) is 0 Å². The minimum Gasteiger partial charge on any atom is -0.358 e. The van der Waals surface area contributed by atoms with E-state index < -0.39 is 0 Å². The van der Waals surface area contributed by atoms with Crippen molar-refractivity contribution in [3.8, 4) is 0 Å². The molecule has 0 atom stereocenters. The summed E-state index contributed by atoms with van der Waals surface area (Å²) in [5.74, 6) is 0. The molecule has 0 unspecified atom stereocenters. The number of unbranched alkanes of at least 4 members (excludes halogenated alkanes) is 3. The zero-order valence-corrected chi connectivity index (χ0v) is 24.7. The van der Waals surface area contributed by atoms with Gasteiger partial charge in [-0.2, -0.15) is 12.1 Å².